The molecule has 2 aliphatic heterocycles. The SMILES string of the molecule is CC1(C)OB(c2ccc3c(c2)ncn3C2CCOCC2)OC1(C)C. The molecule has 0 amide bonds. The van der Waals surface area contributed by atoms with Gasteiger partial charge in [-0.3, -0.25) is 0 Å². The van der Waals surface area contributed by atoms with Crippen LogP contribution in [0.25, 0.3) is 11.0 Å². The number of hydrogen-bond acceptors (Lipinski definition) is 4. The fraction of sp³-hybridized carbons (Fsp3) is 0.611. The van der Waals surface area contributed by atoms with Crippen molar-refractivity contribution in [1.82, 2.24) is 9.55 Å². The number of fused-ring (bicyclic) bond motifs is 1. The van der Waals surface area contributed by atoms with Gasteiger partial charge in [0.1, 0.15) is 0 Å². The highest BCUT2D eigenvalue weighted by molar-refractivity contribution is 6.62. The Morgan fingerprint density at radius 1 is 1.08 bits per heavy atom. The standard InChI is InChI=1S/C18H25BN2O3/c1-17(2)18(3,4)24-19(23-17)13-5-6-16-15(11-13)20-12-21(16)14-7-9-22-10-8-14/h5-6,11-12,14H,7-10H2,1-4H3. The summed E-state index contributed by atoms with van der Waals surface area (Å²) in [6, 6.07) is 6.81. The van der Waals surface area contributed by atoms with Crippen LogP contribution < -0.4 is 5.46 Å². The van der Waals surface area contributed by atoms with E-state index in [0.717, 1.165) is 37.0 Å². The molecule has 24 heavy (non-hydrogen) atoms. The number of nitrogens with zero attached hydrogens (tertiary/aromatic N) is 2. The highest BCUT2D eigenvalue weighted by Gasteiger charge is 2.51. The van der Waals surface area contributed by atoms with Crippen molar-refractivity contribution >= 4 is 23.6 Å². The summed E-state index contributed by atoms with van der Waals surface area (Å²) in [7, 11) is -0.340. The van der Waals surface area contributed by atoms with E-state index in [1.807, 2.05) is 6.33 Å². The monoisotopic (exact) mass is 328 g/mol. The fourth-order valence-corrected chi connectivity index (χ4v) is 3.43. The van der Waals surface area contributed by atoms with E-state index in [1.54, 1.807) is 0 Å². The van der Waals surface area contributed by atoms with E-state index in [9.17, 15) is 0 Å². The maximum Gasteiger partial charge on any atom is 0.494 e. The molecule has 2 aromatic rings. The lowest BCUT2D eigenvalue weighted by Gasteiger charge is -2.32. The Hall–Kier alpha value is -1.37. The second-order valence-corrected chi connectivity index (χ2v) is 7.83. The molecule has 1 aromatic heterocycles. The Kier molecular flexibility index (Phi) is 3.75. The molecule has 0 radical (unpaired) electrons. The molecule has 0 aliphatic carbocycles. The van der Waals surface area contributed by atoms with Crippen LogP contribution in [0.15, 0.2) is 24.5 Å². The van der Waals surface area contributed by atoms with Crippen molar-refractivity contribution in [3.63, 3.8) is 0 Å². The Morgan fingerprint density at radius 3 is 2.42 bits per heavy atom. The van der Waals surface area contributed by atoms with Gasteiger partial charge in [0.2, 0.25) is 0 Å². The van der Waals surface area contributed by atoms with Crippen molar-refractivity contribution in [3.05, 3.63) is 24.5 Å². The molecule has 0 spiro atoms. The van der Waals surface area contributed by atoms with Crippen LogP contribution in [-0.4, -0.2) is 41.1 Å². The number of aromatic nitrogens is 2. The number of hydrogen-bond donors (Lipinski definition) is 0. The molecule has 128 valence electrons. The zero-order chi connectivity index (χ0) is 16.9. The first-order valence-corrected chi connectivity index (χ1v) is 8.77. The van der Waals surface area contributed by atoms with Gasteiger partial charge in [-0.15, -0.1) is 0 Å². The van der Waals surface area contributed by atoms with Crippen molar-refractivity contribution in [3.8, 4) is 0 Å². The predicted octanol–water partition coefficient (Wildman–Crippen LogP) is 2.69. The minimum absolute atomic E-state index is 0.325. The molecule has 0 atom stereocenters. The highest BCUT2D eigenvalue weighted by Crippen LogP contribution is 2.36. The minimum atomic E-state index is -0.340. The molecular weight excluding hydrogens is 303 g/mol. The van der Waals surface area contributed by atoms with Gasteiger partial charge in [-0.1, -0.05) is 6.07 Å². The zero-order valence-electron chi connectivity index (χ0n) is 14.9. The second kappa shape index (κ2) is 5.58. The molecule has 2 aliphatic rings. The number of rotatable bonds is 2. The van der Waals surface area contributed by atoms with Crippen molar-refractivity contribution in [2.45, 2.75) is 57.8 Å². The van der Waals surface area contributed by atoms with Gasteiger partial charge >= 0.3 is 7.12 Å². The van der Waals surface area contributed by atoms with Crippen LogP contribution in [0.4, 0.5) is 0 Å². The maximum absolute atomic E-state index is 6.15. The van der Waals surface area contributed by atoms with Crippen molar-refractivity contribution in [1.29, 1.82) is 0 Å². The summed E-state index contributed by atoms with van der Waals surface area (Å²) in [6.45, 7) is 9.96. The van der Waals surface area contributed by atoms with E-state index in [-0.39, 0.29) is 18.3 Å². The molecule has 2 fully saturated rings. The number of imidazole rings is 1. The van der Waals surface area contributed by atoms with Crippen LogP contribution in [-0.2, 0) is 14.0 Å². The summed E-state index contributed by atoms with van der Waals surface area (Å²) in [5.41, 5.74) is 2.54. The van der Waals surface area contributed by atoms with Gasteiger partial charge in [-0.2, -0.15) is 0 Å². The van der Waals surface area contributed by atoms with E-state index in [0.29, 0.717) is 6.04 Å². The van der Waals surface area contributed by atoms with Gasteiger partial charge in [0.15, 0.2) is 0 Å². The van der Waals surface area contributed by atoms with Gasteiger partial charge in [-0.25, -0.2) is 4.98 Å². The smallest absolute Gasteiger partial charge is 0.399 e. The van der Waals surface area contributed by atoms with Crippen LogP contribution in [0, 0.1) is 0 Å². The summed E-state index contributed by atoms with van der Waals surface area (Å²) in [5, 5.41) is 0. The minimum Gasteiger partial charge on any atom is -0.399 e. The van der Waals surface area contributed by atoms with Gasteiger partial charge in [0, 0.05) is 19.3 Å². The lowest BCUT2D eigenvalue weighted by Crippen LogP contribution is -2.41. The molecule has 5 nitrogen and oxygen atoms in total. The maximum atomic E-state index is 6.15. The Balaban J connectivity index is 1.63. The Labute approximate surface area is 143 Å². The largest absolute Gasteiger partial charge is 0.494 e. The summed E-state index contributed by atoms with van der Waals surface area (Å²) < 4.78 is 20.0. The topological polar surface area (TPSA) is 45.5 Å². The third-order valence-corrected chi connectivity index (χ3v) is 5.71. The highest BCUT2D eigenvalue weighted by atomic mass is 16.7. The van der Waals surface area contributed by atoms with Gasteiger partial charge in [0.25, 0.3) is 0 Å². The van der Waals surface area contributed by atoms with Gasteiger partial charge in [0.05, 0.1) is 28.6 Å². The van der Waals surface area contributed by atoms with E-state index in [4.69, 9.17) is 14.0 Å². The van der Waals surface area contributed by atoms with Gasteiger partial charge < -0.3 is 18.6 Å². The first kappa shape index (κ1) is 16.1. The quantitative estimate of drug-likeness (QED) is 0.795. The molecule has 2 saturated heterocycles. The van der Waals surface area contributed by atoms with E-state index < -0.39 is 0 Å². The first-order valence-electron chi connectivity index (χ1n) is 8.77. The Bertz CT molecular complexity index is 734. The van der Waals surface area contributed by atoms with Crippen LogP contribution in [0.3, 0.4) is 0 Å². The average Bonchev–Trinajstić information content (AvgIpc) is 3.06. The molecule has 3 heterocycles. The molecule has 6 heteroatoms. The summed E-state index contributed by atoms with van der Waals surface area (Å²) in [4.78, 5) is 4.61. The number of benzene rings is 1. The molecule has 0 saturated carbocycles. The summed E-state index contributed by atoms with van der Waals surface area (Å²) in [5.74, 6) is 0. The third kappa shape index (κ3) is 2.57. The van der Waals surface area contributed by atoms with Crippen molar-refractivity contribution < 1.29 is 14.0 Å². The zero-order valence-corrected chi connectivity index (χ0v) is 14.9. The predicted molar refractivity (Wildman–Crippen MR) is 94.5 cm³/mol. The number of ether oxygens (including phenoxy) is 1. The molecule has 0 N–H and O–H groups in total. The Morgan fingerprint density at radius 2 is 1.75 bits per heavy atom. The lowest BCUT2D eigenvalue weighted by molar-refractivity contribution is 0.00578. The third-order valence-electron chi connectivity index (χ3n) is 5.71. The van der Waals surface area contributed by atoms with E-state index >= 15 is 0 Å². The molecule has 0 bridgehead atoms. The van der Waals surface area contributed by atoms with Crippen LogP contribution in [0.5, 0.6) is 0 Å². The molecule has 4 rings (SSSR count). The average molecular weight is 328 g/mol. The molecule has 0 unspecified atom stereocenters. The normalized spacial score (nSPS) is 23.9. The van der Waals surface area contributed by atoms with Crippen LogP contribution >= 0.6 is 0 Å². The molecule has 1 aromatic carbocycles. The first-order chi connectivity index (χ1) is 11.4. The van der Waals surface area contributed by atoms with E-state index in [2.05, 4.69) is 55.4 Å². The van der Waals surface area contributed by atoms with Crippen molar-refractivity contribution in [2.75, 3.05) is 13.2 Å². The summed E-state index contributed by atoms with van der Waals surface area (Å²) >= 11 is 0. The van der Waals surface area contributed by atoms with Gasteiger partial charge in [-0.05, 0) is 58.1 Å². The van der Waals surface area contributed by atoms with Crippen molar-refractivity contribution in [2.24, 2.45) is 0 Å². The fourth-order valence-electron chi connectivity index (χ4n) is 3.43. The van der Waals surface area contributed by atoms with Crippen LogP contribution in [0.1, 0.15) is 46.6 Å². The lowest BCUT2D eigenvalue weighted by atomic mass is 9.79. The van der Waals surface area contributed by atoms with Crippen LogP contribution in [0.2, 0.25) is 0 Å². The van der Waals surface area contributed by atoms with E-state index in [1.165, 1.54) is 5.52 Å². The second-order valence-electron chi connectivity index (χ2n) is 7.83. The summed E-state index contributed by atoms with van der Waals surface area (Å²) in [6.07, 6.45) is 4.05. The molecular formula is C18H25BN2O3.